The van der Waals surface area contributed by atoms with E-state index in [-0.39, 0.29) is 0 Å². The Labute approximate surface area is 163 Å². The lowest BCUT2D eigenvalue weighted by Gasteiger charge is -2.32. The van der Waals surface area contributed by atoms with Crippen LogP contribution in [0.2, 0.25) is 6.04 Å². The van der Waals surface area contributed by atoms with E-state index in [2.05, 4.69) is 49.9 Å². The maximum atomic E-state index is 6.33. The summed E-state index contributed by atoms with van der Waals surface area (Å²) in [6.07, 6.45) is 12.1. The van der Waals surface area contributed by atoms with Crippen LogP contribution in [0.4, 0.5) is 0 Å². The van der Waals surface area contributed by atoms with Gasteiger partial charge in [0.25, 0.3) is 0 Å². The van der Waals surface area contributed by atoms with Crippen molar-refractivity contribution in [1.29, 1.82) is 0 Å². The van der Waals surface area contributed by atoms with E-state index in [4.69, 9.17) is 13.3 Å². The van der Waals surface area contributed by atoms with E-state index in [1.807, 2.05) is 0 Å². The molecule has 0 amide bonds. The van der Waals surface area contributed by atoms with Gasteiger partial charge < -0.3 is 18.2 Å². The lowest BCUT2D eigenvalue weighted by molar-refractivity contribution is 0.0547. The Kier molecular flexibility index (Phi) is 13.3. The molecule has 0 radical (unpaired) electrons. The molecular formula is C20H42N2O3Si. The maximum absolute atomic E-state index is 6.33. The minimum atomic E-state index is -2.57. The summed E-state index contributed by atoms with van der Waals surface area (Å²) in [5.74, 6) is 0. The monoisotopic (exact) mass is 386 g/mol. The highest BCUT2D eigenvalue weighted by molar-refractivity contribution is 6.60. The van der Waals surface area contributed by atoms with Crippen LogP contribution < -0.4 is 0 Å². The average molecular weight is 387 g/mol. The summed E-state index contributed by atoms with van der Waals surface area (Å²) >= 11 is 0. The second-order valence-electron chi connectivity index (χ2n) is 7.25. The minimum absolute atomic E-state index is 0.760. The smallest absolute Gasteiger partial charge is 0.373 e. The molecule has 0 saturated heterocycles. The molecule has 5 nitrogen and oxygen atoms in total. The summed E-state index contributed by atoms with van der Waals surface area (Å²) in [4.78, 5) is 4.69. The summed E-state index contributed by atoms with van der Waals surface area (Å²) in [6, 6.07) is 0.925. The van der Waals surface area contributed by atoms with Crippen LogP contribution in [0.5, 0.6) is 0 Å². The second-order valence-corrected chi connectivity index (χ2v) is 9.98. The summed E-state index contributed by atoms with van der Waals surface area (Å²) in [5, 5.41) is 0. The first-order chi connectivity index (χ1) is 12.7. The zero-order chi connectivity index (χ0) is 19.1. The van der Waals surface area contributed by atoms with Gasteiger partial charge in [-0.2, -0.15) is 0 Å². The SMILES string of the molecule is CCCCO[Si](CCCN1CC=CN(C)C1)(OCCCC)OCCCC. The van der Waals surface area contributed by atoms with Crippen LogP contribution in [0, 0.1) is 0 Å². The Balaban J connectivity index is 2.58. The van der Waals surface area contributed by atoms with Crippen LogP contribution in [-0.2, 0) is 13.3 Å². The average Bonchev–Trinajstić information content (AvgIpc) is 2.62. The predicted octanol–water partition coefficient (Wildman–Crippen LogP) is 4.48. The van der Waals surface area contributed by atoms with Gasteiger partial charge in [-0.05, 0) is 31.9 Å². The molecule has 6 heteroatoms. The molecule has 0 aliphatic carbocycles. The zero-order valence-electron chi connectivity index (χ0n) is 17.7. The molecule has 0 unspecified atom stereocenters. The summed E-state index contributed by atoms with van der Waals surface area (Å²) in [5.41, 5.74) is 0. The van der Waals surface area contributed by atoms with Gasteiger partial charge in [-0.3, -0.25) is 4.90 Å². The highest BCUT2D eigenvalue weighted by Crippen LogP contribution is 2.21. The van der Waals surface area contributed by atoms with Gasteiger partial charge in [0, 0.05) is 46.0 Å². The quantitative estimate of drug-likeness (QED) is 0.288. The van der Waals surface area contributed by atoms with Crippen LogP contribution in [0.1, 0.15) is 65.7 Å². The van der Waals surface area contributed by atoms with Gasteiger partial charge >= 0.3 is 8.80 Å². The van der Waals surface area contributed by atoms with Crippen molar-refractivity contribution in [3.05, 3.63) is 12.3 Å². The third-order valence-electron chi connectivity index (χ3n) is 4.56. The van der Waals surface area contributed by atoms with Crippen molar-refractivity contribution in [3.63, 3.8) is 0 Å². The number of rotatable bonds is 16. The minimum Gasteiger partial charge on any atom is -0.373 e. The normalized spacial score (nSPS) is 15.8. The lowest BCUT2D eigenvalue weighted by Crippen LogP contribution is -2.47. The molecular weight excluding hydrogens is 344 g/mol. The van der Waals surface area contributed by atoms with Crippen molar-refractivity contribution < 1.29 is 13.3 Å². The second kappa shape index (κ2) is 14.6. The van der Waals surface area contributed by atoms with Crippen molar-refractivity contribution >= 4 is 8.80 Å². The molecule has 0 spiro atoms. The predicted molar refractivity (Wildman–Crippen MR) is 111 cm³/mol. The molecule has 1 aliphatic heterocycles. The standard InChI is InChI=1S/C20H42N2O3Si/c1-5-8-16-23-26(24-17-9-6-2,25-18-10-7-3)19-12-15-22-14-11-13-21(4)20-22/h11,13H,5-10,12,14-20H2,1-4H3. The van der Waals surface area contributed by atoms with Gasteiger partial charge in [-0.25, -0.2) is 0 Å². The number of hydrogen-bond acceptors (Lipinski definition) is 5. The molecule has 0 fully saturated rings. The van der Waals surface area contributed by atoms with Crippen molar-refractivity contribution in [1.82, 2.24) is 9.80 Å². The van der Waals surface area contributed by atoms with Crippen LogP contribution in [-0.4, -0.2) is 65.2 Å². The highest BCUT2D eigenvalue weighted by atomic mass is 28.4. The molecule has 0 aromatic rings. The Hall–Kier alpha value is -0.403. The number of nitrogens with zero attached hydrogens (tertiary/aromatic N) is 2. The summed E-state index contributed by atoms with van der Waals surface area (Å²) in [6.45, 7) is 12.0. The fourth-order valence-electron chi connectivity index (χ4n) is 2.94. The van der Waals surface area contributed by atoms with Crippen molar-refractivity contribution in [2.24, 2.45) is 0 Å². The lowest BCUT2D eigenvalue weighted by atomic mass is 10.4. The Morgan fingerprint density at radius 1 is 0.846 bits per heavy atom. The Morgan fingerprint density at radius 3 is 1.85 bits per heavy atom. The van der Waals surface area contributed by atoms with E-state index in [1.165, 1.54) is 0 Å². The van der Waals surface area contributed by atoms with Crippen LogP contribution in [0.25, 0.3) is 0 Å². The third-order valence-corrected chi connectivity index (χ3v) is 7.46. The highest BCUT2D eigenvalue weighted by Gasteiger charge is 2.40. The van der Waals surface area contributed by atoms with E-state index in [0.29, 0.717) is 0 Å². The number of hydrogen-bond donors (Lipinski definition) is 0. The largest absolute Gasteiger partial charge is 0.501 e. The Morgan fingerprint density at radius 2 is 1.38 bits per heavy atom. The molecule has 1 aliphatic rings. The molecule has 154 valence electrons. The molecule has 0 bridgehead atoms. The molecule has 26 heavy (non-hydrogen) atoms. The van der Waals surface area contributed by atoms with E-state index < -0.39 is 8.80 Å². The summed E-state index contributed by atoms with van der Waals surface area (Å²) in [7, 11) is -0.445. The molecule has 0 aromatic carbocycles. The fourth-order valence-corrected chi connectivity index (χ4v) is 5.58. The first-order valence-electron chi connectivity index (χ1n) is 10.7. The molecule has 1 rings (SSSR count). The van der Waals surface area contributed by atoms with Crippen molar-refractivity contribution in [2.75, 3.05) is 46.6 Å². The maximum Gasteiger partial charge on any atom is 0.501 e. The van der Waals surface area contributed by atoms with Crippen molar-refractivity contribution in [3.8, 4) is 0 Å². The van der Waals surface area contributed by atoms with E-state index >= 15 is 0 Å². The van der Waals surface area contributed by atoms with E-state index in [0.717, 1.165) is 90.6 Å². The Bertz CT molecular complexity index is 342. The van der Waals surface area contributed by atoms with Crippen molar-refractivity contribution in [2.45, 2.75) is 71.8 Å². The van der Waals surface area contributed by atoms with Gasteiger partial charge in [-0.15, -0.1) is 0 Å². The molecule has 0 saturated carbocycles. The van der Waals surface area contributed by atoms with Gasteiger partial charge in [0.05, 0.1) is 6.67 Å². The first kappa shape index (κ1) is 23.6. The van der Waals surface area contributed by atoms with E-state index in [1.54, 1.807) is 0 Å². The topological polar surface area (TPSA) is 34.2 Å². The van der Waals surface area contributed by atoms with Gasteiger partial charge in [-0.1, -0.05) is 46.1 Å². The molecule has 1 heterocycles. The number of unbranched alkanes of at least 4 members (excludes halogenated alkanes) is 3. The molecule has 0 atom stereocenters. The molecule has 0 aromatic heterocycles. The fraction of sp³-hybridized carbons (Fsp3) is 0.900. The van der Waals surface area contributed by atoms with E-state index in [9.17, 15) is 0 Å². The zero-order valence-corrected chi connectivity index (χ0v) is 18.7. The first-order valence-corrected chi connectivity index (χ1v) is 12.6. The molecule has 0 N–H and O–H groups in total. The van der Waals surface area contributed by atoms with Gasteiger partial charge in [0.15, 0.2) is 0 Å². The summed E-state index contributed by atoms with van der Waals surface area (Å²) < 4.78 is 19.0. The third kappa shape index (κ3) is 10.1. The van der Waals surface area contributed by atoms with Crippen LogP contribution >= 0.6 is 0 Å². The van der Waals surface area contributed by atoms with Crippen LogP contribution in [0.15, 0.2) is 12.3 Å². The van der Waals surface area contributed by atoms with Crippen LogP contribution in [0.3, 0.4) is 0 Å². The van der Waals surface area contributed by atoms with Gasteiger partial charge in [0.1, 0.15) is 0 Å². The van der Waals surface area contributed by atoms with Gasteiger partial charge in [0.2, 0.25) is 0 Å².